The molecule has 1 aliphatic heterocycles. The quantitative estimate of drug-likeness (QED) is 0.857. The first kappa shape index (κ1) is 11.8. The van der Waals surface area contributed by atoms with Crippen molar-refractivity contribution in [1.29, 1.82) is 0 Å². The standard InChI is InChI=1S/C13H15ClN2O2/c14-8-2-1-3-9(4-8)18-7-12(17)16-13-10-5-15-6-11(10)13/h1-4,10-11,13,15H,5-7H2,(H,16,17)/t10-,11-/m1/s1. The molecular formula is C13H15ClN2O2. The lowest BCUT2D eigenvalue weighted by Crippen LogP contribution is -2.35. The second-order valence-corrected chi connectivity index (χ2v) is 5.26. The van der Waals surface area contributed by atoms with Crippen LogP contribution in [0.15, 0.2) is 24.3 Å². The Kier molecular flexibility index (Phi) is 3.14. The number of halogens is 1. The monoisotopic (exact) mass is 266 g/mol. The molecule has 5 heteroatoms. The minimum absolute atomic E-state index is 0.0453. The minimum atomic E-state index is -0.0608. The summed E-state index contributed by atoms with van der Waals surface area (Å²) in [7, 11) is 0. The Morgan fingerprint density at radius 1 is 1.44 bits per heavy atom. The topological polar surface area (TPSA) is 50.4 Å². The van der Waals surface area contributed by atoms with Gasteiger partial charge in [-0.2, -0.15) is 0 Å². The lowest BCUT2D eigenvalue weighted by molar-refractivity contribution is -0.123. The SMILES string of the molecule is O=C(COc1cccc(Cl)c1)NC1[C@@H]2CNC[C@@H]12. The number of carbonyl (C=O) groups is 1. The van der Waals surface area contributed by atoms with Gasteiger partial charge in [0.1, 0.15) is 5.75 Å². The Balaban J connectivity index is 1.44. The number of fused-ring (bicyclic) bond motifs is 1. The van der Waals surface area contributed by atoms with E-state index in [2.05, 4.69) is 10.6 Å². The zero-order valence-electron chi connectivity index (χ0n) is 9.86. The number of nitrogens with one attached hydrogen (secondary N) is 2. The normalized spacial score (nSPS) is 28.6. The molecule has 3 rings (SSSR count). The average Bonchev–Trinajstić information content (AvgIpc) is 2.80. The summed E-state index contributed by atoms with van der Waals surface area (Å²) in [5.41, 5.74) is 0. The van der Waals surface area contributed by atoms with Crippen LogP contribution in [0.4, 0.5) is 0 Å². The van der Waals surface area contributed by atoms with Gasteiger partial charge < -0.3 is 15.4 Å². The zero-order valence-corrected chi connectivity index (χ0v) is 10.6. The second kappa shape index (κ2) is 4.78. The van der Waals surface area contributed by atoms with Crippen LogP contribution in [0.25, 0.3) is 0 Å². The van der Waals surface area contributed by atoms with E-state index in [9.17, 15) is 4.79 Å². The molecule has 0 spiro atoms. The van der Waals surface area contributed by atoms with Gasteiger partial charge in [-0.05, 0) is 30.0 Å². The van der Waals surface area contributed by atoms with Gasteiger partial charge in [0.05, 0.1) is 0 Å². The molecule has 2 fully saturated rings. The molecule has 96 valence electrons. The third-order valence-electron chi connectivity index (χ3n) is 3.59. The van der Waals surface area contributed by atoms with Crippen molar-refractivity contribution in [3.8, 4) is 5.75 Å². The number of benzene rings is 1. The number of carbonyl (C=O) groups excluding carboxylic acids is 1. The molecule has 0 aromatic heterocycles. The maximum absolute atomic E-state index is 11.7. The fourth-order valence-electron chi connectivity index (χ4n) is 2.57. The first-order valence-electron chi connectivity index (χ1n) is 6.12. The molecule has 1 saturated carbocycles. The number of hydrogen-bond donors (Lipinski definition) is 2. The van der Waals surface area contributed by atoms with Gasteiger partial charge in [-0.3, -0.25) is 4.79 Å². The molecule has 1 aliphatic carbocycles. The summed E-state index contributed by atoms with van der Waals surface area (Å²) >= 11 is 5.83. The first-order valence-corrected chi connectivity index (χ1v) is 6.50. The molecule has 2 atom stereocenters. The summed E-state index contributed by atoms with van der Waals surface area (Å²) < 4.78 is 5.39. The molecule has 0 bridgehead atoms. The van der Waals surface area contributed by atoms with E-state index in [-0.39, 0.29) is 12.5 Å². The van der Waals surface area contributed by atoms with Crippen molar-refractivity contribution in [1.82, 2.24) is 10.6 Å². The minimum Gasteiger partial charge on any atom is -0.484 e. The maximum atomic E-state index is 11.7. The number of amides is 1. The van der Waals surface area contributed by atoms with Crippen LogP contribution in [-0.4, -0.2) is 31.6 Å². The van der Waals surface area contributed by atoms with Crippen molar-refractivity contribution in [2.24, 2.45) is 11.8 Å². The molecule has 0 unspecified atom stereocenters. The molecular weight excluding hydrogens is 252 g/mol. The fourth-order valence-corrected chi connectivity index (χ4v) is 2.75. The van der Waals surface area contributed by atoms with Gasteiger partial charge in [0.25, 0.3) is 5.91 Å². The average molecular weight is 267 g/mol. The number of rotatable bonds is 4. The van der Waals surface area contributed by atoms with Crippen molar-refractivity contribution < 1.29 is 9.53 Å². The molecule has 0 radical (unpaired) electrons. The molecule has 2 N–H and O–H groups in total. The van der Waals surface area contributed by atoms with Crippen LogP contribution in [0.1, 0.15) is 0 Å². The number of ether oxygens (including phenoxy) is 1. The Morgan fingerprint density at radius 2 is 2.22 bits per heavy atom. The largest absolute Gasteiger partial charge is 0.484 e. The van der Waals surface area contributed by atoms with E-state index in [1.807, 2.05) is 0 Å². The van der Waals surface area contributed by atoms with Crippen LogP contribution >= 0.6 is 11.6 Å². The summed E-state index contributed by atoms with van der Waals surface area (Å²) in [6.07, 6.45) is 0. The van der Waals surface area contributed by atoms with Crippen LogP contribution in [0.3, 0.4) is 0 Å². The van der Waals surface area contributed by atoms with Crippen molar-refractivity contribution >= 4 is 17.5 Å². The highest BCUT2D eigenvalue weighted by Gasteiger charge is 2.53. The van der Waals surface area contributed by atoms with Crippen molar-refractivity contribution in [3.05, 3.63) is 29.3 Å². The van der Waals surface area contributed by atoms with Gasteiger partial charge in [0, 0.05) is 24.2 Å². The Morgan fingerprint density at radius 3 is 2.94 bits per heavy atom. The maximum Gasteiger partial charge on any atom is 0.258 e. The highest BCUT2D eigenvalue weighted by atomic mass is 35.5. The lowest BCUT2D eigenvalue weighted by atomic mass is 10.3. The Hall–Kier alpha value is -1.26. The highest BCUT2D eigenvalue weighted by Crippen LogP contribution is 2.41. The van der Waals surface area contributed by atoms with Crippen LogP contribution < -0.4 is 15.4 Å². The van der Waals surface area contributed by atoms with Crippen molar-refractivity contribution in [2.75, 3.05) is 19.7 Å². The van der Waals surface area contributed by atoms with Crippen LogP contribution in [-0.2, 0) is 4.79 Å². The Labute approximate surface area is 111 Å². The van der Waals surface area contributed by atoms with Gasteiger partial charge in [0.2, 0.25) is 0 Å². The second-order valence-electron chi connectivity index (χ2n) is 4.83. The molecule has 1 heterocycles. The predicted molar refractivity (Wildman–Crippen MR) is 68.7 cm³/mol. The third-order valence-corrected chi connectivity index (χ3v) is 3.82. The zero-order chi connectivity index (χ0) is 12.5. The highest BCUT2D eigenvalue weighted by molar-refractivity contribution is 6.30. The van der Waals surface area contributed by atoms with E-state index in [1.165, 1.54) is 0 Å². The summed E-state index contributed by atoms with van der Waals surface area (Å²) in [5, 5.41) is 6.90. The van der Waals surface area contributed by atoms with E-state index >= 15 is 0 Å². The third kappa shape index (κ3) is 2.44. The lowest BCUT2D eigenvalue weighted by Gasteiger charge is -2.09. The van der Waals surface area contributed by atoms with E-state index in [4.69, 9.17) is 16.3 Å². The van der Waals surface area contributed by atoms with Gasteiger partial charge in [0.15, 0.2) is 6.61 Å². The summed E-state index contributed by atoms with van der Waals surface area (Å²) in [6.45, 7) is 2.08. The van der Waals surface area contributed by atoms with Crippen molar-refractivity contribution in [2.45, 2.75) is 6.04 Å². The summed E-state index contributed by atoms with van der Waals surface area (Å²) in [5.74, 6) is 1.81. The van der Waals surface area contributed by atoms with E-state index in [0.717, 1.165) is 13.1 Å². The molecule has 4 nitrogen and oxygen atoms in total. The van der Waals surface area contributed by atoms with Gasteiger partial charge in [-0.15, -0.1) is 0 Å². The van der Waals surface area contributed by atoms with Gasteiger partial charge in [-0.25, -0.2) is 0 Å². The fraction of sp³-hybridized carbons (Fsp3) is 0.462. The van der Waals surface area contributed by atoms with E-state index in [1.54, 1.807) is 24.3 Å². The molecule has 1 amide bonds. The van der Waals surface area contributed by atoms with Crippen LogP contribution in [0.2, 0.25) is 5.02 Å². The van der Waals surface area contributed by atoms with Gasteiger partial charge >= 0.3 is 0 Å². The molecule has 1 aromatic carbocycles. The molecule has 18 heavy (non-hydrogen) atoms. The summed E-state index contributed by atoms with van der Waals surface area (Å²) in [6, 6.07) is 7.40. The molecule has 2 aliphatic rings. The van der Waals surface area contributed by atoms with E-state index < -0.39 is 0 Å². The first-order chi connectivity index (χ1) is 8.74. The summed E-state index contributed by atoms with van der Waals surface area (Å²) in [4.78, 5) is 11.7. The molecule has 1 aromatic rings. The Bertz CT molecular complexity index is 456. The number of hydrogen-bond acceptors (Lipinski definition) is 3. The smallest absolute Gasteiger partial charge is 0.258 e. The number of piperidine rings is 1. The van der Waals surface area contributed by atoms with Gasteiger partial charge in [-0.1, -0.05) is 17.7 Å². The predicted octanol–water partition coefficient (Wildman–Crippen LogP) is 1.05. The van der Waals surface area contributed by atoms with Crippen LogP contribution in [0, 0.1) is 11.8 Å². The molecule has 1 saturated heterocycles. The van der Waals surface area contributed by atoms with Crippen molar-refractivity contribution in [3.63, 3.8) is 0 Å². The van der Waals surface area contributed by atoms with E-state index in [0.29, 0.717) is 28.6 Å². The van der Waals surface area contributed by atoms with Crippen LogP contribution in [0.5, 0.6) is 5.75 Å².